The van der Waals surface area contributed by atoms with Gasteiger partial charge >= 0.3 is 5.97 Å². The van der Waals surface area contributed by atoms with Crippen molar-refractivity contribution in [1.29, 1.82) is 0 Å². The summed E-state index contributed by atoms with van der Waals surface area (Å²) in [6.45, 7) is 0. The van der Waals surface area contributed by atoms with Crippen LogP contribution in [-0.4, -0.2) is 17.2 Å². The van der Waals surface area contributed by atoms with Crippen LogP contribution in [0.15, 0.2) is 48.5 Å². The lowest BCUT2D eigenvalue weighted by atomic mass is 10.1. The molecule has 0 fully saturated rings. The number of ether oxygens (including phenoxy) is 1. The first-order chi connectivity index (χ1) is 9.56. The molecule has 0 amide bonds. The minimum Gasteiger partial charge on any atom is -0.478 e. The number of hydrogen-bond acceptors (Lipinski definition) is 2. The number of rotatable bonds is 5. The fourth-order valence-corrected chi connectivity index (χ4v) is 2.25. The summed E-state index contributed by atoms with van der Waals surface area (Å²) in [7, 11) is 0. The van der Waals surface area contributed by atoms with Gasteiger partial charge in [0.1, 0.15) is 5.75 Å². The highest BCUT2D eigenvalue weighted by Crippen LogP contribution is 2.25. The van der Waals surface area contributed by atoms with Gasteiger partial charge < -0.3 is 9.84 Å². The Morgan fingerprint density at radius 3 is 2.45 bits per heavy atom. The van der Waals surface area contributed by atoms with Crippen LogP contribution in [0.3, 0.4) is 0 Å². The number of carboxylic acid groups (broad SMARTS) is 1. The number of halogens is 2. The van der Waals surface area contributed by atoms with E-state index >= 15 is 0 Å². The van der Waals surface area contributed by atoms with E-state index in [0.29, 0.717) is 10.8 Å². The van der Waals surface area contributed by atoms with Crippen LogP contribution in [0, 0.1) is 3.57 Å². The molecule has 0 aromatic heterocycles. The van der Waals surface area contributed by atoms with Crippen molar-refractivity contribution in [1.82, 2.24) is 0 Å². The summed E-state index contributed by atoms with van der Waals surface area (Å²) < 4.78 is 6.61. The maximum Gasteiger partial charge on any atom is 0.345 e. The van der Waals surface area contributed by atoms with E-state index in [0.717, 1.165) is 9.13 Å². The van der Waals surface area contributed by atoms with Crippen molar-refractivity contribution in [2.75, 3.05) is 0 Å². The largest absolute Gasteiger partial charge is 0.478 e. The SMILES string of the molecule is O=C(O)[C@H](Cc1ccc(I)cc1)Oc1ccccc1Cl. The lowest BCUT2D eigenvalue weighted by Crippen LogP contribution is -2.29. The fraction of sp³-hybridized carbons (Fsp3) is 0.133. The molecule has 2 aromatic carbocycles. The van der Waals surface area contributed by atoms with Crippen molar-refractivity contribution < 1.29 is 14.6 Å². The van der Waals surface area contributed by atoms with Crippen molar-refractivity contribution in [2.45, 2.75) is 12.5 Å². The minimum absolute atomic E-state index is 0.289. The second-order valence-electron chi connectivity index (χ2n) is 4.21. The van der Waals surface area contributed by atoms with Gasteiger partial charge in [-0.1, -0.05) is 35.9 Å². The highest BCUT2D eigenvalue weighted by molar-refractivity contribution is 14.1. The zero-order chi connectivity index (χ0) is 14.5. The summed E-state index contributed by atoms with van der Waals surface area (Å²) in [5.74, 6) is -0.629. The highest BCUT2D eigenvalue weighted by Gasteiger charge is 2.21. The van der Waals surface area contributed by atoms with E-state index in [2.05, 4.69) is 22.6 Å². The van der Waals surface area contributed by atoms with Gasteiger partial charge in [-0.3, -0.25) is 0 Å². The van der Waals surface area contributed by atoms with Crippen molar-refractivity contribution in [3.8, 4) is 5.75 Å². The Balaban J connectivity index is 2.14. The Morgan fingerprint density at radius 2 is 1.85 bits per heavy atom. The summed E-state index contributed by atoms with van der Waals surface area (Å²) in [5.41, 5.74) is 0.907. The van der Waals surface area contributed by atoms with Crippen LogP contribution in [0.5, 0.6) is 5.75 Å². The molecule has 3 nitrogen and oxygen atoms in total. The molecule has 0 saturated carbocycles. The smallest absolute Gasteiger partial charge is 0.345 e. The van der Waals surface area contributed by atoms with Crippen LogP contribution in [0.25, 0.3) is 0 Å². The van der Waals surface area contributed by atoms with Gasteiger partial charge in [0, 0.05) is 9.99 Å². The molecule has 2 rings (SSSR count). The number of carbonyl (C=O) groups is 1. The van der Waals surface area contributed by atoms with Crippen LogP contribution in [-0.2, 0) is 11.2 Å². The van der Waals surface area contributed by atoms with E-state index in [1.54, 1.807) is 24.3 Å². The molecule has 0 spiro atoms. The molecule has 0 aliphatic rings. The third kappa shape index (κ3) is 4.11. The molecule has 0 saturated heterocycles. The highest BCUT2D eigenvalue weighted by atomic mass is 127. The molecule has 0 heterocycles. The van der Waals surface area contributed by atoms with Crippen LogP contribution in [0.2, 0.25) is 5.02 Å². The molecule has 20 heavy (non-hydrogen) atoms. The van der Waals surface area contributed by atoms with E-state index < -0.39 is 12.1 Å². The second-order valence-corrected chi connectivity index (χ2v) is 5.86. The Morgan fingerprint density at radius 1 is 1.20 bits per heavy atom. The van der Waals surface area contributed by atoms with Gasteiger partial charge in [-0.25, -0.2) is 4.79 Å². The average molecular weight is 403 g/mol. The number of para-hydroxylation sites is 1. The quantitative estimate of drug-likeness (QED) is 0.769. The van der Waals surface area contributed by atoms with Gasteiger partial charge in [0.05, 0.1) is 5.02 Å². The van der Waals surface area contributed by atoms with Gasteiger partial charge in [-0.15, -0.1) is 0 Å². The predicted molar refractivity (Wildman–Crippen MR) is 86.4 cm³/mol. The monoisotopic (exact) mass is 402 g/mol. The summed E-state index contributed by atoms with van der Waals surface area (Å²) in [6.07, 6.45) is -0.674. The van der Waals surface area contributed by atoms with E-state index in [-0.39, 0.29) is 6.42 Å². The first-order valence-corrected chi connectivity index (χ1v) is 7.40. The topological polar surface area (TPSA) is 46.5 Å². The summed E-state index contributed by atoms with van der Waals surface area (Å²) in [5, 5.41) is 9.68. The number of benzene rings is 2. The lowest BCUT2D eigenvalue weighted by molar-refractivity contribution is -0.145. The zero-order valence-corrected chi connectivity index (χ0v) is 13.3. The molecule has 0 aliphatic carbocycles. The molecule has 2 aromatic rings. The predicted octanol–water partition coefficient (Wildman–Crippen LogP) is 4.02. The van der Waals surface area contributed by atoms with Crippen molar-refractivity contribution in [2.24, 2.45) is 0 Å². The van der Waals surface area contributed by atoms with Gasteiger partial charge in [0.25, 0.3) is 0 Å². The van der Waals surface area contributed by atoms with Crippen LogP contribution in [0.4, 0.5) is 0 Å². The first kappa shape index (κ1) is 15.1. The second kappa shape index (κ2) is 6.95. The normalized spacial score (nSPS) is 11.9. The molecule has 0 unspecified atom stereocenters. The Labute approximate surface area is 135 Å². The maximum absolute atomic E-state index is 11.3. The molecule has 1 atom stereocenters. The van der Waals surface area contributed by atoms with Crippen molar-refractivity contribution in [3.63, 3.8) is 0 Å². The Bertz CT molecular complexity index is 598. The van der Waals surface area contributed by atoms with Gasteiger partial charge in [0.15, 0.2) is 6.10 Å². The molecule has 0 bridgehead atoms. The Hall–Kier alpha value is -1.27. The molecular weight excluding hydrogens is 391 g/mol. The van der Waals surface area contributed by atoms with Gasteiger partial charge in [-0.05, 0) is 52.4 Å². The van der Waals surface area contributed by atoms with Gasteiger partial charge in [-0.2, -0.15) is 0 Å². The Kier molecular flexibility index (Phi) is 5.25. The fourth-order valence-electron chi connectivity index (χ4n) is 1.71. The molecular formula is C15H12ClIO3. The van der Waals surface area contributed by atoms with Crippen LogP contribution < -0.4 is 4.74 Å². The van der Waals surface area contributed by atoms with Crippen molar-refractivity contribution in [3.05, 3.63) is 62.7 Å². The molecule has 104 valence electrons. The zero-order valence-electron chi connectivity index (χ0n) is 10.4. The van der Waals surface area contributed by atoms with E-state index in [1.807, 2.05) is 24.3 Å². The molecule has 1 N–H and O–H groups in total. The van der Waals surface area contributed by atoms with E-state index in [4.69, 9.17) is 16.3 Å². The van der Waals surface area contributed by atoms with E-state index in [9.17, 15) is 9.90 Å². The molecule has 0 radical (unpaired) electrons. The lowest BCUT2D eigenvalue weighted by Gasteiger charge is -2.16. The third-order valence-corrected chi connectivity index (χ3v) is 3.75. The van der Waals surface area contributed by atoms with E-state index in [1.165, 1.54) is 0 Å². The summed E-state index contributed by atoms with van der Waals surface area (Å²) in [4.78, 5) is 11.3. The molecule has 0 aliphatic heterocycles. The summed E-state index contributed by atoms with van der Waals surface area (Å²) >= 11 is 8.18. The average Bonchev–Trinajstić information content (AvgIpc) is 2.42. The standard InChI is InChI=1S/C15H12ClIO3/c16-12-3-1-2-4-13(12)20-14(15(18)19)9-10-5-7-11(17)8-6-10/h1-8,14H,9H2,(H,18,19)/t14-/m0/s1. The first-order valence-electron chi connectivity index (χ1n) is 5.94. The number of carboxylic acids is 1. The van der Waals surface area contributed by atoms with Crippen LogP contribution >= 0.6 is 34.2 Å². The number of hydrogen-bond donors (Lipinski definition) is 1. The number of aliphatic carboxylic acids is 1. The maximum atomic E-state index is 11.3. The van der Waals surface area contributed by atoms with Crippen molar-refractivity contribution >= 4 is 40.2 Å². The van der Waals surface area contributed by atoms with Crippen LogP contribution in [0.1, 0.15) is 5.56 Å². The third-order valence-electron chi connectivity index (χ3n) is 2.72. The molecule has 5 heteroatoms. The summed E-state index contributed by atoms with van der Waals surface area (Å²) in [6, 6.07) is 14.5. The van der Waals surface area contributed by atoms with Gasteiger partial charge in [0.2, 0.25) is 0 Å². The minimum atomic E-state index is -1.01.